The maximum absolute atomic E-state index is 13.0. The van der Waals surface area contributed by atoms with E-state index in [4.69, 9.17) is 14.2 Å². The molecule has 9 nitrogen and oxygen atoms in total. The van der Waals surface area contributed by atoms with Crippen LogP contribution in [0.5, 0.6) is 0 Å². The van der Waals surface area contributed by atoms with E-state index in [0.717, 1.165) is 16.4 Å². The van der Waals surface area contributed by atoms with E-state index in [-0.39, 0.29) is 18.2 Å². The predicted molar refractivity (Wildman–Crippen MR) is 128 cm³/mol. The number of nitrogens with zero attached hydrogens (tertiary/aromatic N) is 4. The molecule has 0 spiro atoms. The van der Waals surface area contributed by atoms with Crippen molar-refractivity contribution in [3.05, 3.63) is 16.2 Å². The normalized spacial score (nSPS) is 25.1. The van der Waals surface area contributed by atoms with E-state index in [1.54, 1.807) is 11.1 Å². The molecular weight excluding hydrogens is 492 g/mol. The summed E-state index contributed by atoms with van der Waals surface area (Å²) in [6.45, 7) is 13.2. The van der Waals surface area contributed by atoms with Gasteiger partial charge in [-0.25, -0.2) is 9.78 Å². The van der Waals surface area contributed by atoms with Crippen LogP contribution in [0.15, 0.2) is 10.7 Å². The molecule has 182 valence electrons. The van der Waals surface area contributed by atoms with Crippen LogP contribution in [0.25, 0.3) is 0 Å². The number of amides is 1. The van der Waals surface area contributed by atoms with Crippen LogP contribution in [0, 0.1) is 0 Å². The number of piperidine rings is 1. The number of halogens is 1. The van der Waals surface area contributed by atoms with Crippen LogP contribution in [0.2, 0.25) is 0 Å². The summed E-state index contributed by atoms with van der Waals surface area (Å²) in [5, 5.41) is 0. The molecule has 4 heterocycles. The molecule has 0 saturated carbocycles. The van der Waals surface area contributed by atoms with Crippen molar-refractivity contribution in [3.8, 4) is 0 Å². The van der Waals surface area contributed by atoms with Gasteiger partial charge in [0.1, 0.15) is 17.1 Å². The smallest absolute Gasteiger partial charge is 0.412 e. The number of pyridine rings is 1. The van der Waals surface area contributed by atoms with E-state index in [0.29, 0.717) is 57.2 Å². The Bertz CT molecular complexity index is 913. The number of carbonyl (C=O) groups is 2. The largest absolute Gasteiger partial charge is 0.444 e. The molecule has 0 radical (unpaired) electrons. The van der Waals surface area contributed by atoms with Crippen molar-refractivity contribution in [2.24, 2.45) is 0 Å². The van der Waals surface area contributed by atoms with Crippen LogP contribution < -0.4 is 9.80 Å². The molecule has 3 aliphatic heterocycles. The molecule has 3 aliphatic rings. The second kappa shape index (κ2) is 9.03. The topological polar surface area (TPSA) is 84.4 Å². The van der Waals surface area contributed by atoms with Gasteiger partial charge in [0.15, 0.2) is 6.29 Å². The summed E-state index contributed by atoms with van der Waals surface area (Å²) in [6, 6.07) is -0.0925. The summed E-state index contributed by atoms with van der Waals surface area (Å²) < 4.78 is 18.2. The summed E-state index contributed by atoms with van der Waals surface area (Å²) in [5.41, 5.74) is 0.0149. The molecule has 10 heteroatoms. The van der Waals surface area contributed by atoms with Gasteiger partial charge in [0.05, 0.1) is 41.1 Å². The Labute approximate surface area is 203 Å². The number of rotatable bonds is 3. The van der Waals surface area contributed by atoms with Crippen molar-refractivity contribution >= 4 is 39.8 Å². The van der Waals surface area contributed by atoms with Crippen LogP contribution in [-0.2, 0) is 14.2 Å². The second-order valence-electron chi connectivity index (χ2n) is 10.2. The summed E-state index contributed by atoms with van der Waals surface area (Å²) in [6.07, 6.45) is 2.78. The number of aldehydes is 1. The average molecular weight is 525 g/mol. The van der Waals surface area contributed by atoms with Crippen LogP contribution >= 0.6 is 15.9 Å². The summed E-state index contributed by atoms with van der Waals surface area (Å²) in [4.78, 5) is 35.8. The molecule has 33 heavy (non-hydrogen) atoms. The van der Waals surface area contributed by atoms with Gasteiger partial charge in [-0.15, -0.1) is 0 Å². The fraction of sp³-hybridized carbons (Fsp3) is 0.696. The number of anilines is 2. The zero-order valence-corrected chi connectivity index (χ0v) is 21.6. The van der Waals surface area contributed by atoms with Crippen molar-refractivity contribution in [1.29, 1.82) is 0 Å². The second-order valence-corrected chi connectivity index (χ2v) is 11.0. The van der Waals surface area contributed by atoms with Gasteiger partial charge in [-0.3, -0.25) is 9.69 Å². The molecule has 0 unspecified atom stereocenters. The van der Waals surface area contributed by atoms with Crippen LogP contribution in [0.4, 0.5) is 16.3 Å². The summed E-state index contributed by atoms with van der Waals surface area (Å²) >= 11 is 3.61. The molecule has 4 rings (SSSR count). The van der Waals surface area contributed by atoms with E-state index in [2.05, 4.69) is 30.7 Å². The first-order valence-electron chi connectivity index (χ1n) is 11.4. The Kier molecular flexibility index (Phi) is 6.63. The zero-order valence-electron chi connectivity index (χ0n) is 20.0. The van der Waals surface area contributed by atoms with Crippen molar-refractivity contribution < 1.29 is 23.8 Å². The van der Waals surface area contributed by atoms with Crippen molar-refractivity contribution in [2.45, 2.75) is 64.5 Å². The lowest BCUT2D eigenvalue weighted by atomic mass is 9.99. The van der Waals surface area contributed by atoms with Gasteiger partial charge in [-0.2, -0.15) is 0 Å². The number of morpholine rings is 1. The SMILES string of the molecule is CC(C)(C)OC(=O)N1[C@@H]2CCN(c3c(Br)cnc(N4CCOCC4)c3C=O)C[C@@H]2OC1(C)C. The number of carbonyl (C=O) groups excluding carboxylic acids is 2. The van der Waals surface area contributed by atoms with Crippen molar-refractivity contribution in [3.63, 3.8) is 0 Å². The van der Waals surface area contributed by atoms with E-state index < -0.39 is 11.3 Å². The lowest BCUT2D eigenvalue weighted by Crippen LogP contribution is -2.54. The van der Waals surface area contributed by atoms with Gasteiger partial charge in [-0.1, -0.05) is 0 Å². The van der Waals surface area contributed by atoms with Gasteiger partial charge in [0.25, 0.3) is 0 Å². The third-order valence-electron chi connectivity index (χ3n) is 6.23. The summed E-state index contributed by atoms with van der Waals surface area (Å²) in [7, 11) is 0. The molecule has 0 bridgehead atoms. The summed E-state index contributed by atoms with van der Waals surface area (Å²) in [5.74, 6) is 0.677. The molecule has 1 aromatic heterocycles. The van der Waals surface area contributed by atoms with E-state index in [1.807, 2.05) is 34.6 Å². The van der Waals surface area contributed by atoms with Gasteiger partial charge in [0.2, 0.25) is 0 Å². The Balaban J connectivity index is 1.59. The minimum atomic E-state index is -0.782. The van der Waals surface area contributed by atoms with Gasteiger partial charge in [-0.05, 0) is 57.0 Å². The highest BCUT2D eigenvalue weighted by Gasteiger charge is 2.53. The quantitative estimate of drug-likeness (QED) is 0.556. The first kappa shape index (κ1) is 24.2. The van der Waals surface area contributed by atoms with E-state index in [1.165, 1.54) is 0 Å². The molecule has 0 aliphatic carbocycles. The zero-order chi connectivity index (χ0) is 24.0. The Hall–Kier alpha value is -1.91. The third kappa shape index (κ3) is 4.83. The number of hydrogen-bond acceptors (Lipinski definition) is 8. The van der Waals surface area contributed by atoms with Gasteiger partial charge in [0, 0.05) is 32.4 Å². The van der Waals surface area contributed by atoms with Crippen LogP contribution in [0.3, 0.4) is 0 Å². The van der Waals surface area contributed by atoms with Crippen LogP contribution in [0.1, 0.15) is 51.4 Å². The molecule has 1 aromatic rings. The predicted octanol–water partition coefficient (Wildman–Crippen LogP) is 3.44. The number of fused-ring (bicyclic) bond motifs is 1. The maximum Gasteiger partial charge on any atom is 0.412 e. The molecule has 2 atom stereocenters. The fourth-order valence-corrected chi connectivity index (χ4v) is 5.52. The van der Waals surface area contributed by atoms with Gasteiger partial charge < -0.3 is 24.0 Å². The highest BCUT2D eigenvalue weighted by atomic mass is 79.9. The van der Waals surface area contributed by atoms with Crippen molar-refractivity contribution in [1.82, 2.24) is 9.88 Å². The van der Waals surface area contributed by atoms with E-state index in [9.17, 15) is 9.59 Å². The minimum Gasteiger partial charge on any atom is -0.444 e. The first-order valence-corrected chi connectivity index (χ1v) is 12.2. The molecule has 0 N–H and O–H groups in total. The highest BCUT2D eigenvalue weighted by molar-refractivity contribution is 9.10. The lowest BCUT2D eigenvalue weighted by molar-refractivity contribution is -0.0766. The molecule has 1 amide bonds. The Morgan fingerprint density at radius 2 is 1.94 bits per heavy atom. The number of aromatic nitrogens is 1. The molecule has 3 saturated heterocycles. The fourth-order valence-electron chi connectivity index (χ4n) is 4.95. The Morgan fingerprint density at radius 1 is 1.24 bits per heavy atom. The van der Waals surface area contributed by atoms with Crippen molar-refractivity contribution in [2.75, 3.05) is 49.2 Å². The minimum absolute atomic E-state index is 0.0925. The molecule has 3 fully saturated rings. The highest BCUT2D eigenvalue weighted by Crippen LogP contribution is 2.41. The van der Waals surface area contributed by atoms with E-state index >= 15 is 0 Å². The lowest BCUT2D eigenvalue weighted by Gasteiger charge is -2.40. The standard InChI is InChI=1S/C23H33BrN4O5/c1-22(2,3)33-21(30)28-17-6-7-27(13-18(17)32-23(28,4)5)19-15(14-29)20(25-12-16(19)24)26-8-10-31-11-9-26/h12,14,17-18H,6-11,13H2,1-5H3/t17-,18+/m1/s1. The Morgan fingerprint density at radius 3 is 2.58 bits per heavy atom. The average Bonchev–Trinajstić information content (AvgIpc) is 3.01. The maximum atomic E-state index is 13.0. The first-order chi connectivity index (χ1) is 15.5. The monoisotopic (exact) mass is 524 g/mol. The molecule has 0 aromatic carbocycles. The number of ether oxygens (including phenoxy) is 3. The number of hydrogen-bond donors (Lipinski definition) is 0. The third-order valence-corrected chi connectivity index (χ3v) is 6.81. The van der Waals surface area contributed by atoms with Gasteiger partial charge >= 0.3 is 6.09 Å². The molecular formula is C23H33BrN4O5. The van der Waals surface area contributed by atoms with Crippen LogP contribution in [-0.4, -0.2) is 85.1 Å².